The Hall–Kier alpha value is -3.49. The molecule has 9 heteroatoms. The molecule has 1 N–H and O–H groups in total. The zero-order valence-electron chi connectivity index (χ0n) is 17.7. The molecule has 3 aromatic rings. The van der Waals surface area contributed by atoms with Crippen LogP contribution < -0.4 is 5.32 Å². The lowest BCUT2D eigenvalue weighted by Gasteiger charge is -2.42. The Labute approximate surface area is 181 Å². The fourth-order valence-corrected chi connectivity index (χ4v) is 4.16. The summed E-state index contributed by atoms with van der Waals surface area (Å²) in [6.45, 7) is 6.12. The number of aryl methyl sites for hydroxylation is 1. The predicted octanol–water partition coefficient (Wildman–Crippen LogP) is 4.42. The van der Waals surface area contributed by atoms with Gasteiger partial charge in [-0.1, -0.05) is 13.0 Å². The minimum Gasteiger partial charge on any atom is -0.311 e. The number of rotatable bonds is 3. The smallest absolute Gasteiger partial charge is 0.311 e. The van der Waals surface area contributed by atoms with Gasteiger partial charge in [-0.25, -0.2) is 24.1 Å². The average Bonchev–Trinajstić information content (AvgIpc) is 2.75. The van der Waals surface area contributed by atoms with E-state index >= 15 is 0 Å². The second kappa shape index (κ2) is 8.71. The van der Waals surface area contributed by atoms with Crippen molar-refractivity contribution in [1.82, 2.24) is 30.0 Å². The van der Waals surface area contributed by atoms with Crippen LogP contribution in [0.25, 0.3) is 11.4 Å². The second-order valence-corrected chi connectivity index (χ2v) is 8.03. The first kappa shape index (κ1) is 20.8. The number of likely N-dealkylation sites (tertiary alicyclic amines) is 1. The standard InChI is InChI=1S/C22H24FN7O.H2/c1-13-8-15(3)30(19(9-13)21-24-6-7-27-29-21)22(31)28-17-5-4-14(2)18(10-17)20-25-11-16(23)12-26-20;/h4-7,10-13,15,19H,8-9H2,1-3H3,(H,28,31);1H/t13-,15-,19?;/m1./s1. The van der Waals surface area contributed by atoms with Crippen molar-refractivity contribution in [2.75, 3.05) is 5.32 Å². The molecule has 0 radical (unpaired) electrons. The number of hydrogen-bond acceptors (Lipinski definition) is 6. The molecule has 1 aliphatic rings. The van der Waals surface area contributed by atoms with Crippen molar-refractivity contribution in [3.63, 3.8) is 0 Å². The number of hydrogen-bond donors (Lipinski definition) is 1. The van der Waals surface area contributed by atoms with E-state index in [1.807, 2.05) is 26.0 Å². The van der Waals surface area contributed by atoms with Crippen LogP contribution in [0.5, 0.6) is 0 Å². The lowest BCUT2D eigenvalue weighted by molar-refractivity contribution is 0.0954. The van der Waals surface area contributed by atoms with Gasteiger partial charge in [0.1, 0.15) is 0 Å². The molecule has 2 aromatic heterocycles. The molecule has 1 fully saturated rings. The number of nitrogens with zero attached hydrogens (tertiary/aromatic N) is 6. The highest BCUT2D eigenvalue weighted by molar-refractivity contribution is 5.90. The largest absolute Gasteiger partial charge is 0.322 e. The summed E-state index contributed by atoms with van der Waals surface area (Å²) >= 11 is 0. The van der Waals surface area contributed by atoms with Gasteiger partial charge >= 0.3 is 6.03 Å². The van der Waals surface area contributed by atoms with Gasteiger partial charge in [-0.05, 0) is 50.3 Å². The van der Waals surface area contributed by atoms with E-state index < -0.39 is 5.82 Å². The molecule has 3 atom stereocenters. The number of aromatic nitrogens is 5. The second-order valence-electron chi connectivity index (χ2n) is 8.03. The SMILES string of the molecule is Cc1ccc(NC(=O)N2C(c3nccnn3)C[C@H](C)C[C@H]2C)cc1-c1ncc(F)cn1.[HH]. The highest BCUT2D eigenvalue weighted by Crippen LogP contribution is 2.36. The summed E-state index contributed by atoms with van der Waals surface area (Å²) in [5.41, 5.74) is 2.26. The topological polar surface area (TPSA) is 96.8 Å². The Morgan fingerprint density at radius 2 is 1.94 bits per heavy atom. The van der Waals surface area contributed by atoms with Crippen LogP contribution >= 0.6 is 0 Å². The van der Waals surface area contributed by atoms with E-state index in [0.29, 0.717) is 23.3 Å². The van der Waals surface area contributed by atoms with Crippen molar-refractivity contribution in [1.29, 1.82) is 0 Å². The summed E-state index contributed by atoms with van der Waals surface area (Å²) in [5.74, 6) is 0.884. The minimum atomic E-state index is -0.497. The van der Waals surface area contributed by atoms with Crippen LogP contribution in [0, 0.1) is 18.7 Å². The highest BCUT2D eigenvalue weighted by atomic mass is 19.1. The molecule has 162 valence electrons. The van der Waals surface area contributed by atoms with Gasteiger partial charge in [-0.15, -0.1) is 5.10 Å². The Balaban J connectivity index is 0.00000289. The van der Waals surface area contributed by atoms with Crippen LogP contribution in [0.1, 0.15) is 45.5 Å². The van der Waals surface area contributed by atoms with Crippen LogP contribution in [0.4, 0.5) is 14.9 Å². The molecule has 31 heavy (non-hydrogen) atoms. The first-order valence-corrected chi connectivity index (χ1v) is 10.2. The molecule has 3 heterocycles. The third kappa shape index (κ3) is 4.50. The van der Waals surface area contributed by atoms with Gasteiger partial charge in [0.05, 0.1) is 24.6 Å². The Morgan fingerprint density at radius 1 is 1.16 bits per heavy atom. The third-order valence-corrected chi connectivity index (χ3v) is 5.56. The highest BCUT2D eigenvalue weighted by Gasteiger charge is 2.37. The first-order chi connectivity index (χ1) is 14.9. The predicted molar refractivity (Wildman–Crippen MR) is 116 cm³/mol. The summed E-state index contributed by atoms with van der Waals surface area (Å²) in [6, 6.07) is 5.04. The number of amides is 2. The molecule has 0 aliphatic carbocycles. The van der Waals surface area contributed by atoms with Gasteiger partial charge in [0.15, 0.2) is 17.5 Å². The van der Waals surface area contributed by atoms with E-state index in [-0.39, 0.29) is 19.5 Å². The lowest BCUT2D eigenvalue weighted by Crippen LogP contribution is -2.48. The van der Waals surface area contributed by atoms with E-state index in [1.54, 1.807) is 17.2 Å². The van der Waals surface area contributed by atoms with Gasteiger partial charge in [0.25, 0.3) is 0 Å². The summed E-state index contributed by atoms with van der Waals surface area (Å²) in [5, 5.41) is 11.1. The van der Waals surface area contributed by atoms with Crippen molar-refractivity contribution in [3.8, 4) is 11.4 Å². The van der Waals surface area contributed by atoms with Crippen molar-refractivity contribution in [3.05, 3.63) is 60.2 Å². The fourth-order valence-electron chi connectivity index (χ4n) is 4.16. The zero-order valence-corrected chi connectivity index (χ0v) is 17.7. The normalized spacial score (nSPS) is 21.0. The molecule has 1 aliphatic heterocycles. The first-order valence-electron chi connectivity index (χ1n) is 10.2. The summed E-state index contributed by atoms with van der Waals surface area (Å²) in [7, 11) is 0. The molecule has 1 unspecified atom stereocenters. The molecule has 8 nitrogen and oxygen atoms in total. The van der Waals surface area contributed by atoms with E-state index in [4.69, 9.17) is 0 Å². The summed E-state index contributed by atoms with van der Waals surface area (Å²) in [6.07, 6.45) is 7.04. The van der Waals surface area contributed by atoms with Gasteiger partial charge in [-0.3, -0.25) is 0 Å². The van der Waals surface area contributed by atoms with Crippen molar-refractivity contribution in [2.24, 2.45) is 5.92 Å². The molecular formula is C22H26FN7O. The van der Waals surface area contributed by atoms with Crippen LogP contribution in [0.15, 0.2) is 43.0 Å². The Kier molecular flexibility index (Phi) is 5.83. The molecule has 1 aromatic carbocycles. The monoisotopic (exact) mass is 423 g/mol. The quantitative estimate of drug-likeness (QED) is 0.670. The number of anilines is 1. The summed E-state index contributed by atoms with van der Waals surface area (Å²) in [4.78, 5) is 27.6. The van der Waals surface area contributed by atoms with Crippen LogP contribution in [-0.2, 0) is 0 Å². The lowest BCUT2D eigenvalue weighted by atomic mass is 9.87. The van der Waals surface area contributed by atoms with E-state index in [1.165, 1.54) is 6.20 Å². The van der Waals surface area contributed by atoms with Crippen LogP contribution in [0.2, 0.25) is 0 Å². The molecular weight excluding hydrogens is 397 g/mol. The number of carbonyl (C=O) groups is 1. The zero-order chi connectivity index (χ0) is 22.0. The molecule has 4 rings (SSSR count). The van der Waals surface area contributed by atoms with Crippen molar-refractivity contribution >= 4 is 11.7 Å². The van der Waals surface area contributed by atoms with E-state index in [0.717, 1.165) is 36.4 Å². The third-order valence-electron chi connectivity index (χ3n) is 5.56. The van der Waals surface area contributed by atoms with Gasteiger partial charge in [0, 0.05) is 24.9 Å². The van der Waals surface area contributed by atoms with Crippen LogP contribution in [-0.4, -0.2) is 42.1 Å². The molecule has 0 bridgehead atoms. The van der Waals surface area contributed by atoms with Gasteiger partial charge in [0.2, 0.25) is 0 Å². The van der Waals surface area contributed by atoms with E-state index in [2.05, 4.69) is 37.4 Å². The Morgan fingerprint density at radius 3 is 2.65 bits per heavy atom. The van der Waals surface area contributed by atoms with Crippen LogP contribution in [0.3, 0.4) is 0 Å². The molecule has 1 saturated heterocycles. The summed E-state index contributed by atoms with van der Waals surface area (Å²) < 4.78 is 13.2. The number of nitrogens with one attached hydrogen (secondary N) is 1. The van der Waals surface area contributed by atoms with E-state index in [9.17, 15) is 9.18 Å². The minimum absolute atomic E-state index is 0. The average molecular weight is 423 g/mol. The number of benzene rings is 1. The maximum absolute atomic E-state index is 13.3. The van der Waals surface area contributed by atoms with Crippen molar-refractivity contribution in [2.45, 2.75) is 45.7 Å². The van der Waals surface area contributed by atoms with Gasteiger partial charge in [-0.2, -0.15) is 5.10 Å². The maximum atomic E-state index is 13.3. The van der Waals surface area contributed by atoms with Gasteiger partial charge < -0.3 is 10.2 Å². The number of halogens is 1. The number of carbonyl (C=O) groups excluding carboxylic acids is 1. The molecule has 2 amide bonds. The maximum Gasteiger partial charge on any atom is 0.322 e. The Bertz CT molecular complexity index is 1070. The number of urea groups is 1. The molecule has 0 spiro atoms. The van der Waals surface area contributed by atoms with Crippen molar-refractivity contribution < 1.29 is 10.6 Å². The molecule has 0 saturated carbocycles. The number of piperidine rings is 1. The fraction of sp³-hybridized carbons (Fsp3) is 0.364.